The number of likely N-dealkylation sites (tertiary alicyclic amines) is 1. The zero-order valence-electron chi connectivity index (χ0n) is 20.1. The first-order valence-electron chi connectivity index (χ1n) is 12.3. The number of carbonyl (C=O) groups is 3. The van der Waals surface area contributed by atoms with Crippen LogP contribution in [0.15, 0.2) is 24.3 Å². The second kappa shape index (κ2) is 10.5. The molecule has 2 atom stereocenters. The lowest BCUT2D eigenvalue weighted by molar-refractivity contribution is -0.150. The van der Waals surface area contributed by atoms with Crippen molar-refractivity contribution in [2.75, 3.05) is 44.6 Å². The van der Waals surface area contributed by atoms with Crippen molar-refractivity contribution in [3.63, 3.8) is 0 Å². The molecule has 2 saturated heterocycles. The minimum Gasteiger partial charge on any atom is -0.464 e. The fraction of sp³-hybridized carbons (Fsp3) is 0.640. The molecule has 34 heavy (non-hydrogen) atoms. The molecule has 186 valence electrons. The van der Waals surface area contributed by atoms with Crippen LogP contribution in [0.4, 0.5) is 10.5 Å². The highest BCUT2D eigenvalue weighted by Crippen LogP contribution is 2.53. The number of anilines is 1. The molecule has 2 heterocycles. The smallest absolute Gasteiger partial charge is 0.322 e. The summed E-state index contributed by atoms with van der Waals surface area (Å²) in [5.74, 6) is -0.473. The third kappa shape index (κ3) is 6.02. The van der Waals surface area contributed by atoms with Crippen LogP contribution < -0.4 is 5.32 Å². The van der Waals surface area contributed by atoms with Gasteiger partial charge in [-0.3, -0.25) is 9.59 Å². The van der Waals surface area contributed by atoms with Crippen molar-refractivity contribution in [3.8, 4) is 0 Å². The molecule has 3 amide bonds. The minimum atomic E-state index is -0.613. The van der Waals surface area contributed by atoms with Crippen LogP contribution in [-0.2, 0) is 14.3 Å². The summed E-state index contributed by atoms with van der Waals surface area (Å²) in [6.07, 6.45) is 6.01. The van der Waals surface area contributed by atoms with E-state index in [-0.39, 0.29) is 30.6 Å². The molecule has 1 N–H and O–H groups in total. The molecule has 8 nitrogen and oxygen atoms in total. The summed E-state index contributed by atoms with van der Waals surface area (Å²) in [5, 5.41) is 3.35. The van der Waals surface area contributed by atoms with E-state index in [1.54, 1.807) is 41.0 Å². The fourth-order valence-electron chi connectivity index (χ4n) is 5.10. The maximum Gasteiger partial charge on any atom is 0.322 e. The molecule has 1 aromatic carbocycles. The first kappa shape index (κ1) is 24.8. The van der Waals surface area contributed by atoms with E-state index in [0.29, 0.717) is 29.2 Å². The summed E-state index contributed by atoms with van der Waals surface area (Å²) in [4.78, 5) is 43.4. The lowest BCUT2D eigenvalue weighted by Gasteiger charge is -2.43. The monoisotopic (exact) mass is 490 g/mol. The quantitative estimate of drug-likeness (QED) is 0.590. The number of benzene rings is 1. The first-order valence-corrected chi connectivity index (χ1v) is 12.6. The predicted molar refractivity (Wildman–Crippen MR) is 131 cm³/mol. The summed E-state index contributed by atoms with van der Waals surface area (Å²) in [5.41, 5.74) is 1.21. The Hall–Kier alpha value is -2.32. The average Bonchev–Trinajstić information content (AvgIpc) is 3.56. The van der Waals surface area contributed by atoms with Gasteiger partial charge in [0.05, 0.1) is 6.04 Å². The van der Waals surface area contributed by atoms with E-state index in [9.17, 15) is 14.4 Å². The maximum atomic E-state index is 13.3. The topological polar surface area (TPSA) is 82.2 Å². The molecular formula is C25H35ClN4O4. The Balaban J connectivity index is 1.35. The number of halogens is 1. The third-order valence-electron chi connectivity index (χ3n) is 7.60. The molecule has 1 spiro atoms. The van der Waals surface area contributed by atoms with Gasteiger partial charge in [0.1, 0.15) is 12.6 Å². The highest BCUT2D eigenvalue weighted by molar-refractivity contribution is 6.30. The summed E-state index contributed by atoms with van der Waals surface area (Å²) in [6, 6.07) is 5.78. The molecule has 1 saturated carbocycles. The van der Waals surface area contributed by atoms with Gasteiger partial charge in [0.25, 0.3) is 0 Å². The van der Waals surface area contributed by atoms with Gasteiger partial charge in [-0.05, 0) is 75.7 Å². The van der Waals surface area contributed by atoms with Crippen molar-refractivity contribution in [1.82, 2.24) is 14.7 Å². The fourth-order valence-corrected chi connectivity index (χ4v) is 5.29. The number of rotatable bonds is 7. The Morgan fingerprint density at radius 1 is 1.18 bits per heavy atom. The summed E-state index contributed by atoms with van der Waals surface area (Å²) < 4.78 is 5.33. The normalized spacial score (nSPS) is 23.0. The summed E-state index contributed by atoms with van der Waals surface area (Å²) in [7, 11) is 0. The molecule has 0 bridgehead atoms. The van der Waals surface area contributed by atoms with Gasteiger partial charge in [-0.2, -0.15) is 0 Å². The molecule has 3 fully saturated rings. The number of ether oxygens (including phenoxy) is 1. The number of nitrogens with one attached hydrogen (secondary N) is 1. The van der Waals surface area contributed by atoms with E-state index in [1.165, 1.54) is 32.6 Å². The molecule has 0 unspecified atom stereocenters. The average molecular weight is 491 g/mol. The molecule has 0 aromatic heterocycles. The van der Waals surface area contributed by atoms with E-state index in [1.807, 2.05) is 0 Å². The Bertz CT molecular complexity index is 912. The second-order valence-corrected chi connectivity index (χ2v) is 10.4. The molecule has 4 rings (SSSR count). The van der Waals surface area contributed by atoms with Crippen LogP contribution in [0.2, 0.25) is 5.02 Å². The van der Waals surface area contributed by atoms with Gasteiger partial charge >= 0.3 is 12.0 Å². The third-order valence-corrected chi connectivity index (χ3v) is 7.83. The van der Waals surface area contributed by atoms with Crippen molar-refractivity contribution in [2.24, 2.45) is 5.41 Å². The molecule has 2 aliphatic heterocycles. The van der Waals surface area contributed by atoms with Crippen LogP contribution in [0.25, 0.3) is 0 Å². The molecule has 9 heteroatoms. The van der Waals surface area contributed by atoms with E-state index < -0.39 is 6.04 Å². The number of nitrogens with zero attached hydrogens (tertiary/aromatic N) is 3. The largest absolute Gasteiger partial charge is 0.464 e. The van der Waals surface area contributed by atoms with Gasteiger partial charge in [0.2, 0.25) is 5.91 Å². The van der Waals surface area contributed by atoms with Crippen molar-refractivity contribution < 1.29 is 19.1 Å². The number of hydrogen-bond donors (Lipinski definition) is 1. The Morgan fingerprint density at radius 2 is 1.91 bits per heavy atom. The van der Waals surface area contributed by atoms with Gasteiger partial charge < -0.3 is 24.8 Å². The van der Waals surface area contributed by atoms with Crippen LogP contribution in [0.1, 0.15) is 46.0 Å². The van der Waals surface area contributed by atoms with Gasteiger partial charge in [-0.15, -0.1) is 0 Å². The SMILES string of the molecule is CC(=O)OC[C@H](CCN1CCC2(CC1)CC2)N1CCN(C(=O)Nc2cccc(Cl)c2)[C@@H](C)C1=O. The van der Waals surface area contributed by atoms with Gasteiger partial charge in [-0.25, -0.2) is 4.79 Å². The van der Waals surface area contributed by atoms with Gasteiger partial charge in [0, 0.05) is 37.3 Å². The second-order valence-electron chi connectivity index (χ2n) is 9.93. The van der Waals surface area contributed by atoms with Crippen LogP contribution in [0, 0.1) is 5.41 Å². The summed E-state index contributed by atoms with van der Waals surface area (Å²) in [6.45, 7) is 7.20. The molecule has 1 aromatic rings. The molecule has 3 aliphatic rings. The number of urea groups is 1. The highest BCUT2D eigenvalue weighted by Gasteiger charge is 2.44. The number of carbonyl (C=O) groups excluding carboxylic acids is 3. The maximum absolute atomic E-state index is 13.3. The molecular weight excluding hydrogens is 456 g/mol. The minimum absolute atomic E-state index is 0.125. The van der Waals surface area contributed by atoms with Crippen LogP contribution in [-0.4, -0.2) is 84.0 Å². The lowest BCUT2D eigenvalue weighted by Crippen LogP contribution is -2.61. The Labute approximate surface area is 206 Å². The first-order chi connectivity index (χ1) is 16.3. The predicted octanol–water partition coefficient (Wildman–Crippen LogP) is 3.60. The van der Waals surface area contributed by atoms with E-state index in [2.05, 4.69) is 10.2 Å². The van der Waals surface area contributed by atoms with Crippen LogP contribution >= 0.6 is 11.6 Å². The number of amides is 3. The summed E-state index contributed by atoms with van der Waals surface area (Å²) >= 11 is 6.01. The highest BCUT2D eigenvalue weighted by atomic mass is 35.5. The lowest BCUT2D eigenvalue weighted by atomic mass is 9.93. The van der Waals surface area contributed by atoms with E-state index >= 15 is 0 Å². The van der Waals surface area contributed by atoms with E-state index in [0.717, 1.165) is 26.1 Å². The molecule has 1 aliphatic carbocycles. The number of piperazine rings is 1. The zero-order chi connectivity index (χ0) is 24.3. The number of esters is 1. The standard InChI is InChI=1S/C25H35ClN4O4/c1-18-23(32)30(15-14-29(18)24(33)27-21-5-3-4-20(26)16-21)22(17-34-19(2)31)6-11-28-12-9-25(7-8-25)10-13-28/h3-5,16,18,22H,6-15,17H2,1-2H3,(H,27,33)/t18-,22-/m0/s1. The Kier molecular flexibility index (Phi) is 7.67. The van der Waals surface area contributed by atoms with Crippen molar-refractivity contribution in [3.05, 3.63) is 29.3 Å². The van der Waals surface area contributed by atoms with Crippen molar-refractivity contribution in [1.29, 1.82) is 0 Å². The number of piperidine rings is 1. The Morgan fingerprint density at radius 3 is 2.56 bits per heavy atom. The van der Waals surface area contributed by atoms with Gasteiger partial charge in [-0.1, -0.05) is 17.7 Å². The van der Waals surface area contributed by atoms with Crippen molar-refractivity contribution >= 4 is 35.2 Å². The van der Waals surface area contributed by atoms with Gasteiger partial charge in [0.15, 0.2) is 0 Å². The molecule has 0 radical (unpaired) electrons. The number of hydrogen-bond acceptors (Lipinski definition) is 5. The zero-order valence-corrected chi connectivity index (χ0v) is 20.9. The van der Waals surface area contributed by atoms with Crippen LogP contribution in [0.5, 0.6) is 0 Å². The van der Waals surface area contributed by atoms with E-state index in [4.69, 9.17) is 16.3 Å². The van der Waals surface area contributed by atoms with Crippen molar-refractivity contribution in [2.45, 2.75) is 58.0 Å². The van der Waals surface area contributed by atoms with Crippen LogP contribution in [0.3, 0.4) is 0 Å².